The third-order valence-electron chi connectivity index (χ3n) is 3.56. The second kappa shape index (κ2) is 4.88. The van der Waals surface area contributed by atoms with Gasteiger partial charge in [-0.1, -0.05) is 30.3 Å². The van der Waals surface area contributed by atoms with Gasteiger partial charge in [0.2, 0.25) is 0 Å². The van der Waals surface area contributed by atoms with Gasteiger partial charge >= 0.3 is 0 Å². The largest absolute Gasteiger partial charge is 0.337 e. The highest BCUT2D eigenvalue weighted by molar-refractivity contribution is 5.93. The minimum absolute atomic E-state index is 0.0923. The predicted octanol–water partition coefficient (Wildman–Crippen LogP) is 2.32. The van der Waals surface area contributed by atoms with Crippen LogP contribution in [0.4, 0.5) is 0 Å². The molecule has 0 N–H and O–H groups in total. The minimum atomic E-state index is 0.0923. The summed E-state index contributed by atoms with van der Waals surface area (Å²) in [4.78, 5) is 14.3. The SMILES string of the molecule is Cn1nc(-c2ccccc2)cc1C(=O)N1CCCC1. The highest BCUT2D eigenvalue weighted by atomic mass is 16.2. The van der Waals surface area contributed by atoms with Gasteiger partial charge in [0.05, 0.1) is 5.69 Å². The quantitative estimate of drug-likeness (QED) is 0.826. The van der Waals surface area contributed by atoms with Crippen LogP contribution in [0.3, 0.4) is 0 Å². The maximum Gasteiger partial charge on any atom is 0.272 e. The van der Waals surface area contributed by atoms with Crippen molar-refractivity contribution in [1.29, 1.82) is 0 Å². The van der Waals surface area contributed by atoms with E-state index in [0.717, 1.165) is 37.2 Å². The number of aryl methyl sites for hydroxylation is 1. The smallest absolute Gasteiger partial charge is 0.272 e. The van der Waals surface area contributed by atoms with Crippen molar-refractivity contribution >= 4 is 5.91 Å². The fourth-order valence-corrected chi connectivity index (χ4v) is 2.50. The summed E-state index contributed by atoms with van der Waals surface area (Å²) >= 11 is 0. The number of carbonyl (C=O) groups excluding carboxylic acids is 1. The van der Waals surface area contributed by atoms with Crippen molar-refractivity contribution in [2.45, 2.75) is 12.8 Å². The number of hydrogen-bond acceptors (Lipinski definition) is 2. The van der Waals surface area contributed by atoms with E-state index in [1.54, 1.807) is 4.68 Å². The molecule has 0 unspecified atom stereocenters. The second-order valence-corrected chi connectivity index (χ2v) is 4.90. The average molecular weight is 255 g/mol. The minimum Gasteiger partial charge on any atom is -0.337 e. The van der Waals surface area contributed by atoms with Crippen LogP contribution in [0.15, 0.2) is 36.4 Å². The van der Waals surface area contributed by atoms with Gasteiger partial charge in [0.1, 0.15) is 5.69 Å². The molecule has 1 saturated heterocycles. The van der Waals surface area contributed by atoms with E-state index in [2.05, 4.69) is 5.10 Å². The van der Waals surface area contributed by atoms with Gasteiger partial charge in [-0.15, -0.1) is 0 Å². The molecule has 2 aromatic rings. The van der Waals surface area contributed by atoms with Gasteiger partial charge in [-0.25, -0.2) is 0 Å². The summed E-state index contributed by atoms with van der Waals surface area (Å²) in [5.74, 6) is 0.0923. The molecule has 1 aliphatic heterocycles. The van der Waals surface area contributed by atoms with E-state index in [1.165, 1.54) is 0 Å². The summed E-state index contributed by atoms with van der Waals surface area (Å²) in [7, 11) is 1.83. The summed E-state index contributed by atoms with van der Waals surface area (Å²) in [5.41, 5.74) is 2.56. The van der Waals surface area contributed by atoms with Crippen molar-refractivity contribution in [2.75, 3.05) is 13.1 Å². The Morgan fingerprint density at radius 1 is 1.16 bits per heavy atom. The van der Waals surface area contributed by atoms with Crippen LogP contribution < -0.4 is 0 Å². The van der Waals surface area contributed by atoms with Crippen molar-refractivity contribution in [3.8, 4) is 11.3 Å². The Labute approximate surface area is 112 Å². The molecule has 0 bridgehead atoms. The van der Waals surface area contributed by atoms with E-state index >= 15 is 0 Å². The molecular weight excluding hydrogens is 238 g/mol. The maximum atomic E-state index is 12.4. The van der Waals surface area contributed by atoms with Crippen LogP contribution in [-0.4, -0.2) is 33.7 Å². The Morgan fingerprint density at radius 3 is 2.53 bits per heavy atom. The molecule has 1 aromatic carbocycles. The summed E-state index contributed by atoms with van der Waals surface area (Å²) in [5, 5.41) is 4.44. The van der Waals surface area contributed by atoms with Crippen LogP contribution >= 0.6 is 0 Å². The number of nitrogens with zero attached hydrogens (tertiary/aromatic N) is 3. The number of hydrogen-bond donors (Lipinski definition) is 0. The van der Waals surface area contributed by atoms with Gasteiger partial charge in [-0.3, -0.25) is 9.48 Å². The van der Waals surface area contributed by atoms with Crippen LogP contribution in [0.2, 0.25) is 0 Å². The van der Waals surface area contributed by atoms with E-state index in [1.807, 2.05) is 48.3 Å². The van der Waals surface area contributed by atoms with E-state index in [9.17, 15) is 4.79 Å². The first-order chi connectivity index (χ1) is 9.25. The zero-order chi connectivity index (χ0) is 13.2. The molecule has 2 heterocycles. The topological polar surface area (TPSA) is 38.1 Å². The molecule has 3 rings (SSSR count). The number of likely N-dealkylation sites (tertiary alicyclic amines) is 1. The van der Waals surface area contributed by atoms with E-state index in [-0.39, 0.29) is 5.91 Å². The number of benzene rings is 1. The summed E-state index contributed by atoms with van der Waals surface area (Å²) < 4.78 is 1.68. The molecule has 0 atom stereocenters. The lowest BCUT2D eigenvalue weighted by molar-refractivity contribution is 0.0782. The van der Waals surface area contributed by atoms with E-state index in [4.69, 9.17) is 0 Å². The lowest BCUT2D eigenvalue weighted by Gasteiger charge is -2.14. The first kappa shape index (κ1) is 12.0. The molecule has 1 amide bonds. The zero-order valence-electron chi connectivity index (χ0n) is 11.0. The van der Waals surface area contributed by atoms with Gasteiger partial charge in [0.15, 0.2) is 0 Å². The van der Waals surface area contributed by atoms with Crippen molar-refractivity contribution in [3.63, 3.8) is 0 Å². The molecule has 1 fully saturated rings. The predicted molar refractivity (Wildman–Crippen MR) is 73.8 cm³/mol. The molecule has 0 saturated carbocycles. The summed E-state index contributed by atoms with van der Waals surface area (Å²) in [6.45, 7) is 1.73. The molecular formula is C15H17N3O. The van der Waals surface area contributed by atoms with Crippen LogP contribution in [0, 0.1) is 0 Å². The van der Waals surface area contributed by atoms with Crippen LogP contribution in [-0.2, 0) is 7.05 Å². The zero-order valence-corrected chi connectivity index (χ0v) is 11.0. The number of rotatable bonds is 2. The highest BCUT2D eigenvalue weighted by Gasteiger charge is 2.22. The number of aromatic nitrogens is 2. The highest BCUT2D eigenvalue weighted by Crippen LogP contribution is 2.20. The fourth-order valence-electron chi connectivity index (χ4n) is 2.50. The first-order valence-corrected chi connectivity index (χ1v) is 6.64. The van der Waals surface area contributed by atoms with Gasteiger partial charge in [-0.05, 0) is 18.9 Å². The number of carbonyl (C=O) groups is 1. The molecule has 0 radical (unpaired) electrons. The summed E-state index contributed by atoms with van der Waals surface area (Å²) in [6, 6.07) is 11.8. The Morgan fingerprint density at radius 2 is 1.84 bits per heavy atom. The molecule has 1 aliphatic rings. The number of amides is 1. The molecule has 4 heteroatoms. The Hall–Kier alpha value is -2.10. The monoisotopic (exact) mass is 255 g/mol. The first-order valence-electron chi connectivity index (χ1n) is 6.64. The summed E-state index contributed by atoms with van der Waals surface area (Å²) in [6.07, 6.45) is 2.21. The Bertz CT molecular complexity index is 583. The molecule has 19 heavy (non-hydrogen) atoms. The standard InChI is InChI=1S/C15H17N3O/c1-17-14(15(19)18-9-5-6-10-18)11-13(16-17)12-7-3-2-4-8-12/h2-4,7-8,11H,5-6,9-10H2,1H3. The van der Waals surface area contributed by atoms with Crippen molar-refractivity contribution in [3.05, 3.63) is 42.1 Å². The van der Waals surface area contributed by atoms with Crippen LogP contribution in [0.25, 0.3) is 11.3 Å². The molecule has 4 nitrogen and oxygen atoms in total. The maximum absolute atomic E-state index is 12.4. The molecule has 0 aliphatic carbocycles. The fraction of sp³-hybridized carbons (Fsp3) is 0.333. The molecule has 98 valence electrons. The van der Waals surface area contributed by atoms with Crippen molar-refractivity contribution in [1.82, 2.24) is 14.7 Å². The van der Waals surface area contributed by atoms with Gasteiger partial charge in [0, 0.05) is 25.7 Å². The van der Waals surface area contributed by atoms with E-state index in [0.29, 0.717) is 5.69 Å². The third-order valence-corrected chi connectivity index (χ3v) is 3.56. The molecule has 0 spiro atoms. The third kappa shape index (κ3) is 2.26. The molecule has 1 aromatic heterocycles. The Balaban J connectivity index is 1.91. The van der Waals surface area contributed by atoms with Gasteiger partial charge in [-0.2, -0.15) is 5.10 Å². The van der Waals surface area contributed by atoms with Gasteiger partial charge < -0.3 is 4.90 Å². The average Bonchev–Trinajstić information content (AvgIpc) is 3.08. The lowest BCUT2D eigenvalue weighted by Crippen LogP contribution is -2.29. The van der Waals surface area contributed by atoms with Crippen molar-refractivity contribution < 1.29 is 4.79 Å². The van der Waals surface area contributed by atoms with Crippen molar-refractivity contribution in [2.24, 2.45) is 7.05 Å². The lowest BCUT2D eigenvalue weighted by atomic mass is 10.1. The van der Waals surface area contributed by atoms with Crippen LogP contribution in [0.1, 0.15) is 23.3 Å². The normalized spacial score (nSPS) is 14.9. The Kier molecular flexibility index (Phi) is 3.07. The van der Waals surface area contributed by atoms with Crippen LogP contribution in [0.5, 0.6) is 0 Å². The second-order valence-electron chi connectivity index (χ2n) is 4.90. The van der Waals surface area contributed by atoms with E-state index < -0.39 is 0 Å². The van der Waals surface area contributed by atoms with Gasteiger partial charge in [0.25, 0.3) is 5.91 Å².